The Morgan fingerprint density at radius 3 is 2.40 bits per heavy atom. The number of hydrogen-bond donors (Lipinski definition) is 1. The Morgan fingerprint density at radius 2 is 1.67 bits per heavy atom. The van der Waals surface area contributed by atoms with Gasteiger partial charge in [0.25, 0.3) is 11.5 Å². The number of nitrogens with zero attached hydrogens (tertiary/aromatic N) is 2. The highest BCUT2D eigenvalue weighted by Gasteiger charge is 2.10. The molecule has 1 N–H and O–H groups in total. The van der Waals surface area contributed by atoms with Crippen LogP contribution in [-0.2, 0) is 4.79 Å². The van der Waals surface area contributed by atoms with Gasteiger partial charge in [-0.05, 0) is 62.4 Å². The van der Waals surface area contributed by atoms with E-state index < -0.39 is 0 Å². The third-order valence-corrected chi connectivity index (χ3v) is 4.74. The van der Waals surface area contributed by atoms with E-state index in [1.165, 1.54) is 0 Å². The van der Waals surface area contributed by atoms with Crippen molar-refractivity contribution in [2.75, 3.05) is 11.9 Å². The topological polar surface area (TPSA) is 73.2 Å². The number of benzene rings is 3. The molecule has 4 rings (SSSR count). The highest BCUT2D eigenvalue weighted by molar-refractivity contribution is 5.92. The smallest absolute Gasteiger partial charge is 0.265 e. The van der Waals surface area contributed by atoms with E-state index in [0.29, 0.717) is 33.9 Å². The highest BCUT2D eigenvalue weighted by Crippen LogP contribution is 2.16. The third-order valence-electron chi connectivity index (χ3n) is 4.74. The molecule has 4 aromatic rings. The summed E-state index contributed by atoms with van der Waals surface area (Å²) >= 11 is 0. The lowest BCUT2D eigenvalue weighted by Gasteiger charge is -2.12. The number of carbonyl (C=O) groups is 1. The SMILES string of the molecule is Cc1ccc(OCC(=O)Nc2ccc(-n3c(C)nc4ccccc4c3=O)cc2)cc1. The molecule has 0 bridgehead atoms. The molecular weight excluding hydrogens is 378 g/mol. The van der Waals surface area contributed by atoms with E-state index in [1.807, 2.05) is 49.4 Å². The first-order valence-corrected chi connectivity index (χ1v) is 9.59. The number of fused-ring (bicyclic) bond motifs is 1. The second-order valence-corrected chi connectivity index (χ2v) is 7.01. The van der Waals surface area contributed by atoms with Gasteiger partial charge < -0.3 is 10.1 Å². The van der Waals surface area contributed by atoms with E-state index in [9.17, 15) is 9.59 Å². The van der Waals surface area contributed by atoms with E-state index in [4.69, 9.17) is 4.74 Å². The molecule has 0 spiro atoms. The predicted octanol–water partition coefficient (Wildman–Crippen LogP) is 4.02. The molecule has 0 saturated carbocycles. The fourth-order valence-electron chi connectivity index (χ4n) is 3.22. The van der Waals surface area contributed by atoms with Crippen LogP contribution in [0.3, 0.4) is 0 Å². The molecule has 30 heavy (non-hydrogen) atoms. The molecule has 3 aromatic carbocycles. The van der Waals surface area contributed by atoms with Crippen molar-refractivity contribution in [2.45, 2.75) is 13.8 Å². The molecule has 0 aliphatic heterocycles. The zero-order valence-corrected chi connectivity index (χ0v) is 16.8. The summed E-state index contributed by atoms with van der Waals surface area (Å²) in [7, 11) is 0. The maximum Gasteiger partial charge on any atom is 0.265 e. The lowest BCUT2D eigenvalue weighted by molar-refractivity contribution is -0.118. The first kappa shape index (κ1) is 19.4. The largest absolute Gasteiger partial charge is 0.484 e. The van der Waals surface area contributed by atoms with Crippen molar-refractivity contribution in [1.29, 1.82) is 0 Å². The maximum absolute atomic E-state index is 12.9. The fourth-order valence-corrected chi connectivity index (χ4v) is 3.22. The minimum Gasteiger partial charge on any atom is -0.484 e. The van der Waals surface area contributed by atoms with Crippen LogP contribution in [0.1, 0.15) is 11.4 Å². The summed E-state index contributed by atoms with van der Waals surface area (Å²) in [4.78, 5) is 29.6. The van der Waals surface area contributed by atoms with E-state index in [1.54, 1.807) is 41.8 Å². The van der Waals surface area contributed by atoms with Gasteiger partial charge in [-0.15, -0.1) is 0 Å². The molecule has 0 fully saturated rings. The Kier molecular flexibility index (Phi) is 5.30. The molecule has 0 aliphatic carbocycles. The Labute approximate surface area is 173 Å². The summed E-state index contributed by atoms with van der Waals surface area (Å²) < 4.78 is 7.06. The number of hydrogen-bond acceptors (Lipinski definition) is 4. The standard InChI is InChI=1S/C24H21N3O3/c1-16-7-13-20(14-8-16)30-15-23(28)26-18-9-11-19(12-10-18)27-17(2)25-22-6-4-3-5-21(22)24(27)29/h3-14H,15H2,1-2H3,(H,26,28). The van der Waals surface area contributed by atoms with Crippen LogP contribution in [0.15, 0.2) is 77.6 Å². The second-order valence-electron chi connectivity index (χ2n) is 7.01. The number of anilines is 1. The van der Waals surface area contributed by atoms with Gasteiger partial charge in [-0.25, -0.2) is 4.98 Å². The molecule has 150 valence electrons. The molecule has 0 aliphatic rings. The normalized spacial score (nSPS) is 10.7. The van der Waals surface area contributed by atoms with Gasteiger partial charge in [0.1, 0.15) is 11.6 Å². The van der Waals surface area contributed by atoms with Crippen LogP contribution >= 0.6 is 0 Å². The third kappa shape index (κ3) is 4.07. The van der Waals surface area contributed by atoms with Gasteiger partial charge in [0, 0.05) is 5.69 Å². The number of ether oxygens (including phenoxy) is 1. The van der Waals surface area contributed by atoms with E-state index >= 15 is 0 Å². The summed E-state index contributed by atoms with van der Waals surface area (Å²) in [5.74, 6) is 0.982. The Hall–Kier alpha value is -3.93. The van der Waals surface area contributed by atoms with Crippen molar-refractivity contribution in [2.24, 2.45) is 0 Å². The second kappa shape index (κ2) is 8.21. The molecule has 6 heteroatoms. The van der Waals surface area contributed by atoms with Gasteiger partial charge in [-0.3, -0.25) is 14.2 Å². The molecule has 1 heterocycles. The average molecular weight is 399 g/mol. The van der Waals surface area contributed by atoms with Crippen LogP contribution in [0.5, 0.6) is 5.75 Å². The van der Waals surface area contributed by atoms with Crippen molar-refractivity contribution in [3.8, 4) is 11.4 Å². The zero-order chi connectivity index (χ0) is 21.1. The van der Waals surface area contributed by atoms with Crippen LogP contribution in [-0.4, -0.2) is 22.1 Å². The summed E-state index contributed by atoms with van der Waals surface area (Å²) in [6.45, 7) is 3.70. The summed E-state index contributed by atoms with van der Waals surface area (Å²) in [5.41, 5.74) is 2.98. The quantitative estimate of drug-likeness (QED) is 0.550. The predicted molar refractivity (Wildman–Crippen MR) is 117 cm³/mol. The monoisotopic (exact) mass is 399 g/mol. The van der Waals surface area contributed by atoms with Crippen LogP contribution in [0.4, 0.5) is 5.69 Å². The molecule has 0 unspecified atom stereocenters. The molecule has 1 aromatic heterocycles. The van der Waals surface area contributed by atoms with Crippen LogP contribution in [0.2, 0.25) is 0 Å². The molecule has 6 nitrogen and oxygen atoms in total. The highest BCUT2D eigenvalue weighted by atomic mass is 16.5. The van der Waals surface area contributed by atoms with Gasteiger partial charge in [0.2, 0.25) is 0 Å². The maximum atomic E-state index is 12.9. The number of nitrogens with one attached hydrogen (secondary N) is 1. The molecule has 0 atom stereocenters. The average Bonchev–Trinajstić information content (AvgIpc) is 2.74. The van der Waals surface area contributed by atoms with Crippen molar-refractivity contribution in [3.63, 3.8) is 0 Å². The summed E-state index contributed by atoms with van der Waals surface area (Å²) in [5, 5.41) is 3.36. The van der Waals surface area contributed by atoms with Crippen LogP contribution < -0.4 is 15.6 Å². The van der Waals surface area contributed by atoms with Crippen molar-refractivity contribution < 1.29 is 9.53 Å². The lowest BCUT2D eigenvalue weighted by Crippen LogP contribution is -2.22. The summed E-state index contributed by atoms with van der Waals surface area (Å²) in [6.07, 6.45) is 0. The van der Waals surface area contributed by atoms with Crippen LogP contribution in [0.25, 0.3) is 16.6 Å². The van der Waals surface area contributed by atoms with E-state index in [-0.39, 0.29) is 18.1 Å². The van der Waals surface area contributed by atoms with Crippen molar-refractivity contribution in [3.05, 3.63) is 94.5 Å². The first-order valence-electron chi connectivity index (χ1n) is 9.59. The molecule has 0 saturated heterocycles. The molecule has 1 amide bonds. The van der Waals surface area contributed by atoms with Gasteiger partial charge in [0.15, 0.2) is 6.61 Å². The Morgan fingerprint density at radius 1 is 0.967 bits per heavy atom. The number of amides is 1. The number of aryl methyl sites for hydroxylation is 2. The van der Waals surface area contributed by atoms with Crippen LogP contribution in [0, 0.1) is 13.8 Å². The lowest BCUT2D eigenvalue weighted by atomic mass is 10.2. The van der Waals surface area contributed by atoms with Gasteiger partial charge in [-0.1, -0.05) is 29.8 Å². The number of carbonyl (C=O) groups excluding carboxylic acids is 1. The molecule has 0 radical (unpaired) electrons. The van der Waals surface area contributed by atoms with Gasteiger partial charge in [0.05, 0.1) is 16.6 Å². The Balaban J connectivity index is 1.48. The number of aromatic nitrogens is 2. The number of para-hydroxylation sites is 1. The van der Waals surface area contributed by atoms with Gasteiger partial charge in [-0.2, -0.15) is 0 Å². The minimum absolute atomic E-state index is 0.0853. The van der Waals surface area contributed by atoms with Crippen molar-refractivity contribution >= 4 is 22.5 Å². The fraction of sp³-hybridized carbons (Fsp3) is 0.125. The minimum atomic E-state index is -0.260. The van der Waals surface area contributed by atoms with Gasteiger partial charge >= 0.3 is 0 Å². The molecular formula is C24H21N3O3. The number of rotatable bonds is 5. The zero-order valence-electron chi connectivity index (χ0n) is 16.8. The first-order chi connectivity index (χ1) is 14.5. The van der Waals surface area contributed by atoms with Crippen molar-refractivity contribution in [1.82, 2.24) is 9.55 Å². The van der Waals surface area contributed by atoms with E-state index in [0.717, 1.165) is 5.56 Å². The summed E-state index contributed by atoms with van der Waals surface area (Å²) in [6, 6.07) is 21.8. The van der Waals surface area contributed by atoms with E-state index in [2.05, 4.69) is 10.3 Å². The Bertz CT molecular complexity index is 1260.